The molecule has 1 aromatic carbocycles. The molecule has 1 aromatic heterocycles. The van der Waals surface area contributed by atoms with Crippen molar-refractivity contribution in [3.63, 3.8) is 0 Å². The number of hydrogen-bond acceptors (Lipinski definition) is 7. The molecule has 0 saturated carbocycles. The molecule has 0 unspecified atom stereocenters. The number of benzene rings is 1. The number of carbonyl (C=O) groups is 1. The Bertz CT molecular complexity index is 951. The number of nitrogens with zero attached hydrogens (tertiary/aromatic N) is 4. The van der Waals surface area contributed by atoms with E-state index in [2.05, 4.69) is 43.6 Å². The minimum absolute atomic E-state index is 0.168. The van der Waals surface area contributed by atoms with Gasteiger partial charge in [0.1, 0.15) is 5.82 Å². The van der Waals surface area contributed by atoms with E-state index in [0.29, 0.717) is 5.95 Å². The van der Waals surface area contributed by atoms with Crippen LogP contribution in [0.15, 0.2) is 30.5 Å². The van der Waals surface area contributed by atoms with Crippen molar-refractivity contribution in [2.45, 2.75) is 26.2 Å². The first-order valence-electron chi connectivity index (χ1n) is 11.2. The van der Waals surface area contributed by atoms with Crippen LogP contribution in [0.25, 0.3) is 0 Å². The van der Waals surface area contributed by atoms with Crippen LogP contribution < -0.4 is 20.4 Å². The maximum Gasteiger partial charge on any atom is 0.229 e. The van der Waals surface area contributed by atoms with E-state index < -0.39 is 0 Å². The highest BCUT2D eigenvalue weighted by molar-refractivity contribution is 5.85. The Hall–Kier alpha value is -2.87. The van der Waals surface area contributed by atoms with Gasteiger partial charge in [-0.25, -0.2) is 4.98 Å². The van der Waals surface area contributed by atoms with Crippen LogP contribution in [0.3, 0.4) is 0 Å². The minimum Gasteiger partial charge on any atom is -0.378 e. The predicted molar refractivity (Wildman–Crippen MR) is 121 cm³/mol. The molecule has 1 amide bonds. The second kappa shape index (κ2) is 8.34. The molecule has 5 rings (SSSR count). The molecule has 1 spiro atoms. The van der Waals surface area contributed by atoms with Gasteiger partial charge < -0.3 is 25.2 Å². The lowest BCUT2D eigenvalue weighted by molar-refractivity contribution is -0.128. The second-order valence-electron chi connectivity index (χ2n) is 8.75. The number of anilines is 4. The first-order valence-corrected chi connectivity index (χ1v) is 11.2. The molecular formula is C23H30N6O2. The smallest absolute Gasteiger partial charge is 0.229 e. The number of rotatable bonds is 4. The number of carbonyl (C=O) groups excluding carboxylic acids is 1. The molecule has 2 aromatic rings. The molecule has 2 N–H and O–H groups in total. The number of aryl methyl sites for hydroxylation is 1. The van der Waals surface area contributed by atoms with Crippen molar-refractivity contribution in [3.8, 4) is 0 Å². The van der Waals surface area contributed by atoms with Crippen molar-refractivity contribution >= 4 is 29.0 Å². The summed E-state index contributed by atoms with van der Waals surface area (Å²) in [6.45, 7) is 7.89. The Morgan fingerprint density at radius 2 is 1.90 bits per heavy atom. The molecule has 3 saturated heterocycles. The van der Waals surface area contributed by atoms with Gasteiger partial charge in [-0.05, 0) is 44.4 Å². The molecule has 0 atom stereocenters. The average Bonchev–Trinajstić information content (AvgIpc) is 3.16. The van der Waals surface area contributed by atoms with Crippen molar-refractivity contribution in [2.75, 3.05) is 61.1 Å². The van der Waals surface area contributed by atoms with Crippen LogP contribution in [0.1, 0.15) is 24.8 Å². The Morgan fingerprint density at radius 1 is 1.10 bits per heavy atom. The van der Waals surface area contributed by atoms with Crippen molar-refractivity contribution in [1.82, 2.24) is 15.3 Å². The summed E-state index contributed by atoms with van der Waals surface area (Å²) in [5.41, 5.74) is 3.04. The molecule has 0 aliphatic carbocycles. The maximum absolute atomic E-state index is 12.3. The molecule has 0 radical (unpaired) electrons. The molecule has 0 bridgehead atoms. The fourth-order valence-electron chi connectivity index (χ4n) is 4.88. The quantitative estimate of drug-likeness (QED) is 0.783. The lowest BCUT2D eigenvalue weighted by atomic mass is 9.77. The van der Waals surface area contributed by atoms with Gasteiger partial charge in [0.05, 0.1) is 18.6 Å². The van der Waals surface area contributed by atoms with Gasteiger partial charge in [-0.1, -0.05) is 6.07 Å². The lowest BCUT2D eigenvalue weighted by Crippen LogP contribution is -2.44. The highest BCUT2D eigenvalue weighted by Gasteiger charge is 2.44. The summed E-state index contributed by atoms with van der Waals surface area (Å²) in [7, 11) is 0. The Balaban J connectivity index is 1.30. The Kier molecular flexibility index (Phi) is 5.40. The van der Waals surface area contributed by atoms with E-state index in [0.717, 1.165) is 82.3 Å². The summed E-state index contributed by atoms with van der Waals surface area (Å²) < 4.78 is 5.46. The van der Waals surface area contributed by atoms with E-state index in [1.165, 1.54) is 5.69 Å². The van der Waals surface area contributed by atoms with Crippen LogP contribution in [0.2, 0.25) is 0 Å². The molecule has 4 heterocycles. The zero-order valence-corrected chi connectivity index (χ0v) is 18.1. The fourth-order valence-corrected chi connectivity index (χ4v) is 4.88. The summed E-state index contributed by atoms with van der Waals surface area (Å²) in [5.74, 6) is 1.78. The van der Waals surface area contributed by atoms with Gasteiger partial charge in [0.25, 0.3) is 0 Å². The summed E-state index contributed by atoms with van der Waals surface area (Å²) in [6.07, 6.45) is 4.59. The summed E-state index contributed by atoms with van der Waals surface area (Å²) >= 11 is 0. The molecule has 8 nitrogen and oxygen atoms in total. The van der Waals surface area contributed by atoms with Crippen LogP contribution in [-0.2, 0) is 9.53 Å². The van der Waals surface area contributed by atoms with E-state index in [4.69, 9.17) is 9.72 Å². The minimum atomic E-state index is -0.168. The highest BCUT2D eigenvalue weighted by atomic mass is 16.5. The van der Waals surface area contributed by atoms with Crippen LogP contribution in [-0.4, -0.2) is 61.8 Å². The lowest BCUT2D eigenvalue weighted by Gasteiger charge is -2.38. The monoisotopic (exact) mass is 422 g/mol. The van der Waals surface area contributed by atoms with Gasteiger partial charge in [-0.3, -0.25) is 4.79 Å². The van der Waals surface area contributed by atoms with Gasteiger partial charge in [0.15, 0.2) is 0 Å². The molecule has 3 aliphatic rings. The Labute approximate surface area is 183 Å². The first-order chi connectivity index (χ1) is 15.1. The zero-order chi connectivity index (χ0) is 21.3. The second-order valence-corrected chi connectivity index (χ2v) is 8.75. The molecule has 31 heavy (non-hydrogen) atoms. The summed E-state index contributed by atoms with van der Waals surface area (Å²) in [5, 5.41) is 6.38. The normalized spacial score (nSPS) is 20.7. The SMILES string of the molecule is Cc1cnc(Nc2cccc(N3CCOCC3)c2)nc1N1CCC2(CCNC2=O)CC1. The fraction of sp³-hybridized carbons (Fsp3) is 0.522. The summed E-state index contributed by atoms with van der Waals surface area (Å²) in [4.78, 5) is 26.3. The summed E-state index contributed by atoms with van der Waals surface area (Å²) in [6, 6.07) is 8.35. The van der Waals surface area contributed by atoms with Crippen LogP contribution >= 0.6 is 0 Å². The van der Waals surface area contributed by atoms with E-state index >= 15 is 0 Å². The van der Waals surface area contributed by atoms with Gasteiger partial charge in [-0.15, -0.1) is 0 Å². The third-order valence-corrected chi connectivity index (χ3v) is 6.81. The highest BCUT2D eigenvalue weighted by Crippen LogP contribution is 2.39. The number of ether oxygens (including phenoxy) is 1. The van der Waals surface area contributed by atoms with Crippen LogP contribution in [0.4, 0.5) is 23.1 Å². The zero-order valence-electron chi connectivity index (χ0n) is 18.1. The largest absolute Gasteiger partial charge is 0.378 e. The van der Waals surface area contributed by atoms with Gasteiger partial charge >= 0.3 is 0 Å². The standard InChI is InChI=1S/C23H30N6O2/c1-17-16-25-22(26-18-3-2-4-19(15-18)28-11-13-31-14-12-28)27-20(17)29-9-6-23(7-10-29)5-8-24-21(23)30/h2-4,15-16H,5-14H2,1H3,(H,24,30)(H,25,26,27). The first kappa shape index (κ1) is 20.1. The number of amides is 1. The van der Waals surface area contributed by atoms with Crippen molar-refractivity contribution < 1.29 is 9.53 Å². The van der Waals surface area contributed by atoms with Gasteiger partial charge in [0, 0.05) is 55.9 Å². The molecule has 3 aliphatic heterocycles. The number of nitrogens with one attached hydrogen (secondary N) is 2. The number of piperidine rings is 1. The molecule has 8 heteroatoms. The third kappa shape index (κ3) is 4.04. The number of morpholine rings is 1. The molecule has 3 fully saturated rings. The number of hydrogen-bond donors (Lipinski definition) is 2. The average molecular weight is 423 g/mol. The molecular weight excluding hydrogens is 392 g/mol. The van der Waals surface area contributed by atoms with Gasteiger partial charge in [0.2, 0.25) is 11.9 Å². The van der Waals surface area contributed by atoms with Crippen molar-refractivity contribution in [3.05, 3.63) is 36.0 Å². The maximum atomic E-state index is 12.3. The topological polar surface area (TPSA) is 82.6 Å². The number of aromatic nitrogens is 2. The van der Waals surface area contributed by atoms with Crippen molar-refractivity contribution in [1.29, 1.82) is 0 Å². The van der Waals surface area contributed by atoms with E-state index in [9.17, 15) is 4.79 Å². The Morgan fingerprint density at radius 3 is 2.65 bits per heavy atom. The van der Waals surface area contributed by atoms with E-state index in [-0.39, 0.29) is 11.3 Å². The van der Waals surface area contributed by atoms with Crippen LogP contribution in [0.5, 0.6) is 0 Å². The predicted octanol–water partition coefficient (Wildman–Crippen LogP) is 2.47. The van der Waals surface area contributed by atoms with E-state index in [1.54, 1.807) is 0 Å². The third-order valence-electron chi connectivity index (χ3n) is 6.81. The molecule has 164 valence electrons. The van der Waals surface area contributed by atoms with Crippen molar-refractivity contribution in [2.24, 2.45) is 5.41 Å². The van der Waals surface area contributed by atoms with Crippen LogP contribution in [0, 0.1) is 12.3 Å². The van der Waals surface area contributed by atoms with E-state index in [1.807, 2.05) is 19.2 Å². The van der Waals surface area contributed by atoms with Gasteiger partial charge in [-0.2, -0.15) is 4.98 Å².